The van der Waals surface area contributed by atoms with Crippen LogP contribution in [0.5, 0.6) is 0 Å². The minimum atomic E-state index is -5.17. The van der Waals surface area contributed by atoms with Gasteiger partial charge in [0, 0.05) is 0 Å². The first-order valence-electron chi connectivity index (χ1n) is 6.35. The summed E-state index contributed by atoms with van der Waals surface area (Å²) in [6, 6.07) is 0. The average Bonchev–Trinajstić information content (AvgIpc) is 2.68. The van der Waals surface area contributed by atoms with Gasteiger partial charge in [-0.25, -0.2) is 0 Å². The normalized spacial score (nSPS) is 33.6. The summed E-state index contributed by atoms with van der Waals surface area (Å²) in [5.41, 5.74) is 0. The van der Waals surface area contributed by atoms with Gasteiger partial charge in [0.05, 0.1) is 0 Å². The molecule has 22 heavy (non-hydrogen) atoms. The van der Waals surface area contributed by atoms with E-state index in [0.717, 1.165) is 0 Å². The summed E-state index contributed by atoms with van der Waals surface area (Å²) < 4.78 is 35.4. The molecule has 1 unspecified atom stereocenters. The van der Waals surface area contributed by atoms with Crippen LogP contribution in [0.1, 0.15) is 0 Å². The van der Waals surface area contributed by atoms with Crippen LogP contribution in [0, 0.1) is 0 Å². The standard InChI is InChI=1S/C10H20O10SSe/c11-1-7(20-21(17,18)19)9(15)5(13)3-22-4-6(14)10(16)8(22)2-12/h5-16H,1-4H2/t5-,6-,7+,8-,9+,10+,22?/m1/s1. The SMILES string of the molecule is O=S(=O)([O-])O[C@@H](CO)[C@@H](O)[C@H](O)C[Se+]1C[C@@H](O)[C@H](O)[C@H]1CO. The zero-order valence-electron chi connectivity index (χ0n) is 11.4. The van der Waals surface area contributed by atoms with Crippen LogP contribution in [0.25, 0.3) is 0 Å². The van der Waals surface area contributed by atoms with E-state index in [1.54, 1.807) is 0 Å². The third-order valence-electron chi connectivity index (χ3n) is 3.35. The zero-order chi connectivity index (χ0) is 17.1. The van der Waals surface area contributed by atoms with Crippen LogP contribution in [-0.2, 0) is 14.6 Å². The minimum absolute atomic E-state index is 0.0702. The number of hydrogen-bond donors (Lipinski definition) is 6. The molecule has 0 aromatic rings. The fourth-order valence-corrected chi connectivity index (χ4v) is 8.32. The topological polar surface area (TPSA) is 188 Å². The van der Waals surface area contributed by atoms with Gasteiger partial charge in [-0.2, -0.15) is 0 Å². The monoisotopic (exact) mass is 412 g/mol. The first-order valence-corrected chi connectivity index (χ1v) is 11.1. The molecule has 0 saturated carbocycles. The molecule has 0 amide bonds. The van der Waals surface area contributed by atoms with Crippen molar-refractivity contribution in [3.05, 3.63) is 0 Å². The van der Waals surface area contributed by atoms with Crippen LogP contribution in [0.15, 0.2) is 0 Å². The van der Waals surface area contributed by atoms with Crippen molar-refractivity contribution in [1.82, 2.24) is 0 Å². The maximum absolute atomic E-state index is 10.5. The molecule has 0 spiro atoms. The predicted octanol–water partition coefficient (Wildman–Crippen LogP) is -3.86. The van der Waals surface area contributed by atoms with Crippen LogP contribution < -0.4 is 0 Å². The van der Waals surface area contributed by atoms with E-state index >= 15 is 0 Å². The van der Waals surface area contributed by atoms with Gasteiger partial charge in [0.2, 0.25) is 0 Å². The second kappa shape index (κ2) is 8.31. The van der Waals surface area contributed by atoms with Crippen LogP contribution in [-0.4, -0.2) is 101 Å². The zero-order valence-corrected chi connectivity index (χ0v) is 14.0. The van der Waals surface area contributed by atoms with Crippen molar-refractivity contribution in [2.75, 3.05) is 13.2 Å². The molecule has 1 heterocycles. The first kappa shape index (κ1) is 20.2. The molecule has 0 aromatic heterocycles. The molecule has 1 aliphatic heterocycles. The summed E-state index contributed by atoms with van der Waals surface area (Å²) in [6.45, 7) is -1.39. The van der Waals surface area contributed by atoms with E-state index in [4.69, 9.17) is 5.11 Å². The quantitative estimate of drug-likeness (QED) is 0.131. The Labute approximate surface area is 131 Å². The summed E-state index contributed by atoms with van der Waals surface area (Å²) >= 11 is -1.90. The van der Waals surface area contributed by atoms with Gasteiger partial charge >= 0.3 is 131 Å². The molecule has 1 aliphatic rings. The Balaban J connectivity index is 2.68. The van der Waals surface area contributed by atoms with Gasteiger partial charge in [-0.3, -0.25) is 0 Å². The summed E-state index contributed by atoms with van der Waals surface area (Å²) in [7, 11) is -5.17. The Morgan fingerprint density at radius 2 is 1.86 bits per heavy atom. The number of rotatable bonds is 8. The molecule has 10 nitrogen and oxygen atoms in total. The van der Waals surface area contributed by atoms with Gasteiger partial charge in [0.1, 0.15) is 0 Å². The Bertz CT molecular complexity index is 445. The Kier molecular flexibility index (Phi) is 7.63. The molecule has 0 aromatic carbocycles. The van der Waals surface area contributed by atoms with E-state index in [0.29, 0.717) is 0 Å². The molecule has 12 heteroatoms. The van der Waals surface area contributed by atoms with E-state index in [1.165, 1.54) is 0 Å². The Hall–Kier alpha value is 0.149. The molecular formula is C10H20O10SSe. The Morgan fingerprint density at radius 1 is 1.27 bits per heavy atom. The van der Waals surface area contributed by atoms with Crippen LogP contribution in [0.3, 0.4) is 0 Å². The molecule has 1 fully saturated rings. The number of hydrogen-bond acceptors (Lipinski definition) is 10. The van der Waals surface area contributed by atoms with Gasteiger partial charge < -0.3 is 0 Å². The van der Waals surface area contributed by atoms with Crippen molar-refractivity contribution >= 4 is 24.3 Å². The summed E-state index contributed by atoms with van der Waals surface area (Å²) in [4.78, 5) is -0.589. The number of aliphatic hydroxyl groups excluding tert-OH is 6. The first-order chi connectivity index (χ1) is 10.1. The second-order valence-corrected chi connectivity index (χ2v) is 10.9. The van der Waals surface area contributed by atoms with E-state index in [1.807, 2.05) is 0 Å². The summed E-state index contributed by atoms with van der Waals surface area (Å²) in [5, 5.41) is 57.2. The number of aliphatic hydroxyl groups is 6. The van der Waals surface area contributed by atoms with Crippen LogP contribution in [0.2, 0.25) is 15.5 Å². The molecule has 0 bridgehead atoms. The fraction of sp³-hybridized carbons (Fsp3) is 1.00. The van der Waals surface area contributed by atoms with Gasteiger partial charge in [0.25, 0.3) is 0 Å². The third kappa shape index (κ3) is 5.35. The fourth-order valence-electron chi connectivity index (χ4n) is 2.20. The van der Waals surface area contributed by atoms with Crippen molar-refractivity contribution in [2.24, 2.45) is 0 Å². The van der Waals surface area contributed by atoms with E-state index in [2.05, 4.69) is 4.18 Å². The molecular weight excluding hydrogens is 391 g/mol. The van der Waals surface area contributed by atoms with Gasteiger partial charge in [0.15, 0.2) is 0 Å². The van der Waals surface area contributed by atoms with Crippen LogP contribution >= 0.6 is 0 Å². The van der Waals surface area contributed by atoms with E-state index in [-0.39, 0.29) is 17.2 Å². The summed E-state index contributed by atoms with van der Waals surface area (Å²) in [5.74, 6) is 0. The third-order valence-corrected chi connectivity index (χ3v) is 9.76. The average molecular weight is 411 g/mol. The van der Waals surface area contributed by atoms with Crippen molar-refractivity contribution in [3.63, 3.8) is 0 Å². The van der Waals surface area contributed by atoms with E-state index in [9.17, 15) is 38.5 Å². The maximum atomic E-state index is 10.5. The second-order valence-electron chi connectivity index (χ2n) is 4.93. The van der Waals surface area contributed by atoms with Crippen LogP contribution in [0.4, 0.5) is 0 Å². The molecule has 6 N–H and O–H groups in total. The van der Waals surface area contributed by atoms with Gasteiger partial charge in [-0.05, 0) is 0 Å². The summed E-state index contributed by atoms with van der Waals surface area (Å²) in [6.07, 6.45) is -7.33. The van der Waals surface area contributed by atoms with Crippen molar-refractivity contribution < 1.29 is 47.8 Å². The van der Waals surface area contributed by atoms with Crippen molar-refractivity contribution in [3.8, 4) is 0 Å². The molecule has 1 saturated heterocycles. The Morgan fingerprint density at radius 3 is 2.32 bits per heavy atom. The van der Waals surface area contributed by atoms with Gasteiger partial charge in [-0.1, -0.05) is 0 Å². The van der Waals surface area contributed by atoms with Crippen molar-refractivity contribution in [1.29, 1.82) is 0 Å². The molecule has 0 radical (unpaired) electrons. The van der Waals surface area contributed by atoms with Gasteiger partial charge in [-0.15, -0.1) is 0 Å². The van der Waals surface area contributed by atoms with E-state index < -0.39 is 66.2 Å². The molecule has 1 rings (SSSR count). The van der Waals surface area contributed by atoms with Crippen molar-refractivity contribution in [2.45, 2.75) is 46.0 Å². The predicted molar refractivity (Wildman–Crippen MR) is 71.9 cm³/mol. The molecule has 7 atom stereocenters. The molecule has 132 valence electrons. The molecule has 0 aliphatic carbocycles.